The first-order valence-electron chi connectivity index (χ1n) is 8.63. The minimum Gasteiger partial charge on any atom is -0.490 e. The fraction of sp³-hybridized carbons (Fsp3) is 0.200. The highest BCUT2D eigenvalue weighted by Gasteiger charge is 2.22. The SMILES string of the molecule is CCOc1cc(/C=C(/C#N)c2nc3ccccc3s2)cc([N+](=O)[O-])c1OCC. The average Bonchev–Trinajstić information content (AvgIpc) is 3.11. The summed E-state index contributed by atoms with van der Waals surface area (Å²) in [5.41, 5.74) is 1.38. The summed E-state index contributed by atoms with van der Waals surface area (Å²) >= 11 is 1.39. The molecule has 0 amide bonds. The molecule has 0 bridgehead atoms. The molecule has 0 atom stereocenters. The molecular weight excluding hydrogens is 378 g/mol. The van der Waals surface area contributed by atoms with Crippen molar-refractivity contribution in [3.05, 3.63) is 57.1 Å². The molecule has 0 fully saturated rings. The van der Waals surface area contributed by atoms with Gasteiger partial charge in [-0.2, -0.15) is 5.26 Å². The molecule has 0 saturated carbocycles. The third-order valence-corrected chi connectivity index (χ3v) is 4.87. The highest BCUT2D eigenvalue weighted by molar-refractivity contribution is 7.19. The van der Waals surface area contributed by atoms with Gasteiger partial charge in [-0.1, -0.05) is 12.1 Å². The Hall–Kier alpha value is -3.44. The first-order chi connectivity index (χ1) is 13.6. The molecule has 0 aliphatic carbocycles. The monoisotopic (exact) mass is 395 g/mol. The van der Waals surface area contributed by atoms with Crippen LogP contribution in [0.3, 0.4) is 0 Å². The second-order valence-electron chi connectivity index (χ2n) is 5.65. The van der Waals surface area contributed by atoms with Crippen molar-refractivity contribution in [3.63, 3.8) is 0 Å². The fourth-order valence-electron chi connectivity index (χ4n) is 2.68. The molecule has 3 aromatic rings. The number of para-hydroxylation sites is 1. The molecule has 0 N–H and O–H groups in total. The van der Waals surface area contributed by atoms with Crippen molar-refractivity contribution in [1.29, 1.82) is 5.26 Å². The Kier molecular flexibility index (Phi) is 5.87. The lowest BCUT2D eigenvalue weighted by Gasteiger charge is -2.12. The summed E-state index contributed by atoms with van der Waals surface area (Å²) in [6.07, 6.45) is 1.57. The second-order valence-corrected chi connectivity index (χ2v) is 6.68. The molecule has 0 saturated heterocycles. The highest BCUT2D eigenvalue weighted by atomic mass is 32.1. The minimum absolute atomic E-state index is 0.0880. The van der Waals surface area contributed by atoms with Gasteiger partial charge in [0.25, 0.3) is 0 Å². The Bertz CT molecular complexity index is 1070. The Morgan fingerprint density at radius 1 is 1.29 bits per heavy atom. The molecule has 0 aliphatic heterocycles. The molecule has 28 heavy (non-hydrogen) atoms. The fourth-order valence-corrected chi connectivity index (χ4v) is 3.61. The maximum Gasteiger partial charge on any atom is 0.315 e. The maximum atomic E-state index is 11.5. The van der Waals surface area contributed by atoms with Crippen LogP contribution in [-0.4, -0.2) is 23.1 Å². The first kappa shape index (κ1) is 19.3. The number of nitro groups is 1. The van der Waals surface area contributed by atoms with E-state index in [0.29, 0.717) is 22.8 Å². The van der Waals surface area contributed by atoms with Gasteiger partial charge in [-0.05, 0) is 43.7 Å². The molecule has 8 heteroatoms. The van der Waals surface area contributed by atoms with Crippen molar-refractivity contribution in [2.24, 2.45) is 0 Å². The lowest BCUT2D eigenvalue weighted by atomic mass is 10.1. The van der Waals surface area contributed by atoms with E-state index < -0.39 is 4.92 Å². The number of aromatic nitrogens is 1. The number of fused-ring (bicyclic) bond motifs is 1. The largest absolute Gasteiger partial charge is 0.490 e. The van der Waals surface area contributed by atoms with Crippen molar-refractivity contribution < 1.29 is 14.4 Å². The Morgan fingerprint density at radius 3 is 2.68 bits per heavy atom. The number of rotatable bonds is 7. The van der Waals surface area contributed by atoms with E-state index in [1.54, 1.807) is 26.0 Å². The van der Waals surface area contributed by atoms with E-state index in [4.69, 9.17) is 9.47 Å². The van der Waals surface area contributed by atoms with Crippen LogP contribution in [0.1, 0.15) is 24.4 Å². The van der Waals surface area contributed by atoms with Crippen molar-refractivity contribution in [1.82, 2.24) is 4.98 Å². The summed E-state index contributed by atoms with van der Waals surface area (Å²) in [5, 5.41) is 21.7. The molecule has 3 rings (SSSR count). The van der Waals surface area contributed by atoms with Gasteiger partial charge in [-0.15, -0.1) is 11.3 Å². The zero-order valence-electron chi connectivity index (χ0n) is 15.3. The van der Waals surface area contributed by atoms with Crippen molar-refractivity contribution in [2.75, 3.05) is 13.2 Å². The summed E-state index contributed by atoms with van der Waals surface area (Å²) in [6.45, 7) is 4.12. The molecule has 0 radical (unpaired) electrons. The molecule has 2 aromatic carbocycles. The van der Waals surface area contributed by atoms with Crippen LogP contribution in [0.15, 0.2) is 36.4 Å². The Labute approximate surface area is 165 Å². The van der Waals surface area contributed by atoms with Gasteiger partial charge in [0.2, 0.25) is 5.75 Å². The van der Waals surface area contributed by atoms with Gasteiger partial charge < -0.3 is 9.47 Å². The lowest BCUT2D eigenvalue weighted by Crippen LogP contribution is -2.02. The first-order valence-corrected chi connectivity index (χ1v) is 9.44. The van der Waals surface area contributed by atoms with Gasteiger partial charge >= 0.3 is 5.69 Å². The Morgan fingerprint density at radius 2 is 2.04 bits per heavy atom. The molecule has 1 heterocycles. The molecule has 0 unspecified atom stereocenters. The number of nitriles is 1. The predicted molar refractivity (Wildman–Crippen MR) is 109 cm³/mol. The zero-order valence-corrected chi connectivity index (χ0v) is 16.2. The number of hydrogen-bond acceptors (Lipinski definition) is 7. The number of nitrogens with zero attached hydrogens (tertiary/aromatic N) is 3. The average molecular weight is 395 g/mol. The summed E-state index contributed by atoms with van der Waals surface area (Å²) in [6, 6.07) is 12.7. The Balaban J connectivity index is 2.12. The van der Waals surface area contributed by atoms with E-state index in [1.807, 2.05) is 24.3 Å². The van der Waals surface area contributed by atoms with Crippen LogP contribution in [0.4, 0.5) is 5.69 Å². The molecule has 0 aliphatic rings. The third-order valence-electron chi connectivity index (χ3n) is 3.80. The van der Waals surface area contributed by atoms with Crippen LogP contribution in [0.2, 0.25) is 0 Å². The van der Waals surface area contributed by atoms with Crippen LogP contribution < -0.4 is 9.47 Å². The number of ether oxygens (including phenoxy) is 2. The highest BCUT2D eigenvalue weighted by Crippen LogP contribution is 2.39. The van der Waals surface area contributed by atoms with E-state index in [0.717, 1.165) is 10.2 Å². The normalized spacial score (nSPS) is 11.2. The van der Waals surface area contributed by atoms with Crippen LogP contribution in [-0.2, 0) is 0 Å². The number of benzene rings is 2. The maximum absolute atomic E-state index is 11.5. The van der Waals surface area contributed by atoms with E-state index in [9.17, 15) is 15.4 Å². The van der Waals surface area contributed by atoms with Crippen LogP contribution >= 0.6 is 11.3 Å². The summed E-state index contributed by atoms with van der Waals surface area (Å²) in [5.74, 6) is 0.358. The molecule has 7 nitrogen and oxygen atoms in total. The van der Waals surface area contributed by atoms with E-state index in [2.05, 4.69) is 11.1 Å². The van der Waals surface area contributed by atoms with E-state index >= 15 is 0 Å². The number of hydrogen-bond donors (Lipinski definition) is 0. The second kappa shape index (κ2) is 8.50. The topological polar surface area (TPSA) is 98.3 Å². The summed E-state index contributed by atoms with van der Waals surface area (Å²) in [4.78, 5) is 15.5. The van der Waals surface area contributed by atoms with Gasteiger partial charge in [0, 0.05) is 6.07 Å². The van der Waals surface area contributed by atoms with Crippen molar-refractivity contribution in [3.8, 4) is 17.6 Å². The van der Waals surface area contributed by atoms with Crippen molar-refractivity contribution >= 4 is 38.9 Å². The number of nitro benzene ring substituents is 1. The summed E-state index contributed by atoms with van der Waals surface area (Å²) < 4.78 is 11.9. The van der Waals surface area contributed by atoms with Crippen LogP contribution in [0.25, 0.3) is 21.9 Å². The van der Waals surface area contributed by atoms with Crippen molar-refractivity contribution in [2.45, 2.75) is 13.8 Å². The predicted octanol–water partition coefficient (Wildman–Crippen LogP) is 5.07. The van der Waals surface area contributed by atoms with Gasteiger partial charge in [0.1, 0.15) is 11.1 Å². The molecule has 142 valence electrons. The number of allylic oxidation sites excluding steroid dienone is 1. The smallest absolute Gasteiger partial charge is 0.315 e. The molecular formula is C20H17N3O4S. The summed E-state index contributed by atoms with van der Waals surface area (Å²) in [7, 11) is 0. The van der Waals surface area contributed by atoms with E-state index in [-0.39, 0.29) is 23.8 Å². The van der Waals surface area contributed by atoms with E-state index in [1.165, 1.54) is 17.4 Å². The van der Waals surface area contributed by atoms with Gasteiger partial charge in [-0.3, -0.25) is 10.1 Å². The van der Waals surface area contributed by atoms with Gasteiger partial charge in [0.05, 0.1) is 33.9 Å². The molecule has 1 aromatic heterocycles. The van der Waals surface area contributed by atoms with Gasteiger partial charge in [0.15, 0.2) is 5.75 Å². The molecule has 0 spiro atoms. The van der Waals surface area contributed by atoms with Gasteiger partial charge in [-0.25, -0.2) is 4.98 Å². The number of thiazole rings is 1. The van der Waals surface area contributed by atoms with Crippen LogP contribution in [0, 0.1) is 21.4 Å². The standard InChI is InChI=1S/C20H17N3O4S/c1-3-26-17-11-13(10-16(23(24)25)19(17)27-4-2)9-14(12-21)20-22-15-7-5-6-8-18(15)28-20/h5-11H,3-4H2,1-2H3/b14-9-. The third kappa shape index (κ3) is 3.94. The quantitative estimate of drug-likeness (QED) is 0.315. The van der Waals surface area contributed by atoms with Crippen LogP contribution in [0.5, 0.6) is 11.5 Å². The minimum atomic E-state index is -0.519. The zero-order chi connectivity index (χ0) is 20.1. The lowest BCUT2D eigenvalue weighted by molar-refractivity contribution is -0.386.